The number of sulfonamides is 1. The molecule has 31 heavy (non-hydrogen) atoms. The van der Waals surface area contributed by atoms with Crippen LogP contribution in [0.15, 0.2) is 23.1 Å². The Morgan fingerprint density at radius 2 is 1.97 bits per heavy atom. The van der Waals surface area contributed by atoms with Crippen LogP contribution >= 0.6 is 0 Å². The summed E-state index contributed by atoms with van der Waals surface area (Å²) in [6.07, 6.45) is 0.286. The highest BCUT2D eigenvalue weighted by molar-refractivity contribution is 7.91. The largest absolute Gasteiger partial charge is 0.452 e. The first-order chi connectivity index (χ1) is 14.5. The van der Waals surface area contributed by atoms with Gasteiger partial charge < -0.3 is 14.4 Å². The molecule has 0 bridgehead atoms. The number of halogens is 1. The molecule has 0 aromatic heterocycles. The van der Waals surface area contributed by atoms with Gasteiger partial charge in [-0.2, -0.15) is 4.31 Å². The first-order valence-corrected chi connectivity index (χ1v) is 12.8. The van der Waals surface area contributed by atoms with Crippen LogP contribution in [0.3, 0.4) is 0 Å². The van der Waals surface area contributed by atoms with Crippen LogP contribution in [0.4, 0.5) is 4.39 Å². The second-order valence-electron chi connectivity index (χ2n) is 7.30. The van der Waals surface area contributed by atoms with Gasteiger partial charge in [-0.25, -0.2) is 26.0 Å². The molecule has 1 aromatic rings. The Morgan fingerprint density at radius 1 is 1.29 bits per heavy atom. The van der Waals surface area contributed by atoms with Crippen molar-refractivity contribution in [2.24, 2.45) is 0 Å². The topological polar surface area (TPSA) is 127 Å². The molecule has 0 N–H and O–H groups in total. The number of hydrogen-bond donors (Lipinski definition) is 0. The van der Waals surface area contributed by atoms with Gasteiger partial charge in [0, 0.05) is 26.2 Å². The van der Waals surface area contributed by atoms with Crippen LogP contribution in [0.5, 0.6) is 0 Å². The number of hydrogen-bond acceptors (Lipinski definition) is 8. The summed E-state index contributed by atoms with van der Waals surface area (Å²) in [5, 5.41) is 0. The van der Waals surface area contributed by atoms with E-state index in [0.717, 1.165) is 18.2 Å². The number of amides is 1. The first kappa shape index (κ1) is 23.6. The molecule has 2 aliphatic heterocycles. The van der Waals surface area contributed by atoms with E-state index in [1.165, 1.54) is 16.3 Å². The monoisotopic (exact) mass is 478 g/mol. The van der Waals surface area contributed by atoms with Crippen molar-refractivity contribution in [3.8, 4) is 0 Å². The van der Waals surface area contributed by atoms with Gasteiger partial charge in [-0.3, -0.25) is 4.79 Å². The van der Waals surface area contributed by atoms with Crippen LogP contribution in [0, 0.1) is 5.82 Å². The van der Waals surface area contributed by atoms with Crippen LogP contribution in [0.1, 0.15) is 16.8 Å². The number of morpholine rings is 1. The summed E-state index contributed by atoms with van der Waals surface area (Å²) in [4.78, 5) is 25.5. The summed E-state index contributed by atoms with van der Waals surface area (Å²) < 4.78 is 73.9. The lowest BCUT2D eigenvalue weighted by atomic mass is 10.2. The van der Waals surface area contributed by atoms with Crippen molar-refractivity contribution < 1.29 is 40.3 Å². The van der Waals surface area contributed by atoms with Gasteiger partial charge in [-0.1, -0.05) is 0 Å². The van der Waals surface area contributed by atoms with Gasteiger partial charge in [0.1, 0.15) is 5.82 Å². The zero-order valence-corrected chi connectivity index (χ0v) is 18.5. The molecule has 1 aromatic carbocycles. The van der Waals surface area contributed by atoms with E-state index in [-0.39, 0.29) is 49.1 Å². The van der Waals surface area contributed by atoms with E-state index in [9.17, 15) is 30.8 Å². The van der Waals surface area contributed by atoms with Crippen LogP contribution in [0.2, 0.25) is 0 Å². The molecule has 1 atom stereocenters. The number of esters is 1. The summed E-state index contributed by atoms with van der Waals surface area (Å²) in [6, 6.07) is 2.26. The Balaban J connectivity index is 1.67. The maximum absolute atomic E-state index is 14.2. The molecule has 1 amide bonds. The minimum Gasteiger partial charge on any atom is -0.452 e. The molecule has 2 heterocycles. The normalized spacial score (nSPS) is 21.5. The molecule has 0 radical (unpaired) electrons. The highest BCUT2D eigenvalue weighted by atomic mass is 32.2. The van der Waals surface area contributed by atoms with Crippen LogP contribution in [-0.4, -0.2) is 95.4 Å². The standard InChI is InChI=1S/C18H23FN2O8S2/c1-20(13-4-9-30(24,25)12-13)17(22)11-29-18(23)15-10-14(2-3-16(15)19)31(26,27)21-5-7-28-8-6-21/h2-3,10,13H,4-9,11-12H2,1H3/t13-/m0/s1. The molecule has 0 spiro atoms. The van der Waals surface area contributed by atoms with Gasteiger partial charge in [0.25, 0.3) is 5.91 Å². The number of benzene rings is 1. The SMILES string of the molecule is CN(C(=O)COC(=O)c1cc(S(=O)(=O)N2CCOCC2)ccc1F)[C@H]1CCS(=O)(=O)C1. The van der Waals surface area contributed by atoms with E-state index in [2.05, 4.69) is 0 Å². The second-order valence-corrected chi connectivity index (χ2v) is 11.5. The molecule has 172 valence electrons. The van der Waals surface area contributed by atoms with Gasteiger partial charge in [0.15, 0.2) is 16.4 Å². The average molecular weight is 479 g/mol. The van der Waals surface area contributed by atoms with Crippen LogP contribution in [0.25, 0.3) is 0 Å². The number of ether oxygens (including phenoxy) is 2. The fourth-order valence-corrected chi connectivity index (χ4v) is 6.56. The fraction of sp³-hybridized carbons (Fsp3) is 0.556. The second kappa shape index (κ2) is 9.18. The maximum Gasteiger partial charge on any atom is 0.341 e. The predicted octanol–water partition coefficient (Wildman–Crippen LogP) is -0.351. The van der Waals surface area contributed by atoms with Crippen molar-refractivity contribution in [1.29, 1.82) is 0 Å². The summed E-state index contributed by atoms with van der Waals surface area (Å²) in [5.74, 6) is -3.02. The minimum absolute atomic E-state index is 0.0231. The highest BCUT2D eigenvalue weighted by Gasteiger charge is 2.33. The van der Waals surface area contributed by atoms with E-state index in [4.69, 9.17) is 9.47 Å². The molecule has 3 rings (SSSR count). The Morgan fingerprint density at radius 3 is 2.58 bits per heavy atom. The molecule has 2 saturated heterocycles. The van der Waals surface area contributed by atoms with Crippen molar-refractivity contribution in [3.05, 3.63) is 29.6 Å². The number of likely N-dealkylation sites (N-methyl/N-ethyl adjacent to an activating group) is 1. The molecule has 10 nitrogen and oxygen atoms in total. The maximum atomic E-state index is 14.2. The molecule has 13 heteroatoms. The lowest BCUT2D eigenvalue weighted by Gasteiger charge is -2.26. The molecule has 0 aliphatic carbocycles. The van der Waals surface area contributed by atoms with E-state index >= 15 is 0 Å². The zero-order valence-electron chi connectivity index (χ0n) is 16.8. The van der Waals surface area contributed by atoms with Gasteiger partial charge in [-0.05, 0) is 24.6 Å². The molecule has 2 aliphatic rings. The third-order valence-electron chi connectivity index (χ3n) is 5.24. The van der Waals surface area contributed by atoms with Gasteiger partial charge in [-0.15, -0.1) is 0 Å². The number of sulfone groups is 1. The van der Waals surface area contributed by atoms with Gasteiger partial charge in [0.2, 0.25) is 10.0 Å². The van der Waals surface area contributed by atoms with E-state index in [1.807, 2.05) is 0 Å². The van der Waals surface area contributed by atoms with E-state index in [0.29, 0.717) is 0 Å². The third kappa shape index (κ3) is 5.40. The number of carbonyl (C=O) groups excluding carboxylic acids is 2. The molecule has 0 saturated carbocycles. The number of carbonyl (C=O) groups is 2. The van der Waals surface area contributed by atoms with Crippen molar-refractivity contribution >= 4 is 31.7 Å². The lowest BCUT2D eigenvalue weighted by molar-refractivity contribution is -0.134. The van der Waals surface area contributed by atoms with Crippen molar-refractivity contribution in [2.75, 3.05) is 51.5 Å². The van der Waals surface area contributed by atoms with Crippen LogP contribution in [-0.2, 0) is 34.1 Å². The zero-order chi connectivity index (χ0) is 22.8. The van der Waals surface area contributed by atoms with Crippen molar-refractivity contribution in [2.45, 2.75) is 17.4 Å². The Labute approximate surface area is 179 Å². The van der Waals surface area contributed by atoms with Gasteiger partial charge in [0.05, 0.1) is 35.2 Å². The Hall–Kier alpha value is -2.09. The number of rotatable bonds is 6. The molecule has 0 unspecified atom stereocenters. The smallest absolute Gasteiger partial charge is 0.341 e. The van der Waals surface area contributed by atoms with Gasteiger partial charge >= 0.3 is 5.97 Å². The Kier molecular flexibility index (Phi) is 6.98. The Bertz CT molecular complexity index is 1070. The number of nitrogens with zero attached hydrogens (tertiary/aromatic N) is 2. The van der Waals surface area contributed by atoms with E-state index in [1.54, 1.807) is 0 Å². The highest BCUT2D eigenvalue weighted by Crippen LogP contribution is 2.21. The van der Waals surface area contributed by atoms with E-state index < -0.39 is 55.8 Å². The van der Waals surface area contributed by atoms with Crippen molar-refractivity contribution in [3.63, 3.8) is 0 Å². The summed E-state index contributed by atoms with van der Waals surface area (Å²) >= 11 is 0. The lowest BCUT2D eigenvalue weighted by Crippen LogP contribution is -2.40. The van der Waals surface area contributed by atoms with Crippen molar-refractivity contribution in [1.82, 2.24) is 9.21 Å². The quantitative estimate of drug-likeness (QED) is 0.508. The average Bonchev–Trinajstić information content (AvgIpc) is 3.11. The minimum atomic E-state index is -3.95. The third-order valence-corrected chi connectivity index (χ3v) is 8.89. The molecular weight excluding hydrogens is 455 g/mol. The molecule has 2 fully saturated rings. The summed E-state index contributed by atoms with van der Waals surface area (Å²) in [5.41, 5.74) is -0.617. The fourth-order valence-electron chi connectivity index (χ4n) is 3.35. The summed E-state index contributed by atoms with van der Waals surface area (Å²) in [6.45, 7) is 0.000678. The first-order valence-electron chi connectivity index (χ1n) is 9.52. The summed E-state index contributed by atoms with van der Waals surface area (Å²) in [7, 11) is -5.76. The predicted molar refractivity (Wildman–Crippen MR) is 106 cm³/mol. The molecular formula is C18H23FN2O8S2. The van der Waals surface area contributed by atoms with Crippen LogP contribution < -0.4 is 0 Å².